The minimum atomic E-state index is -0.481. The van der Waals surface area contributed by atoms with Crippen molar-refractivity contribution in [2.75, 3.05) is 25.6 Å². The molecule has 0 spiro atoms. The van der Waals surface area contributed by atoms with Gasteiger partial charge in [0.1, 0.15) is 12.4 Å². The number of thioether (sulfide) groups is 1. The zero-order valence-corrected chi connectivity index (χ0v) is 17.1. The number of amides is 2. The molecule has 2 amide bonds. The van der Waals surface area contributed by atoms with Gasteiger partial charge in [-0.15, -0.1) is 0 Å². The van der Waals surface area contributed by atoms with Crippen molar-refractivity contribution >= 4 is 41.2 Å². The van der Waals surface area contributed by atoms with Crippen LogP contribution in [0.2, 0.25) is 0 Å². The summed E-state index contributed by atoms with van der Waals surface area (Å²) in [5.74, 6) is 1.35. The fraction of sp³-hybridized carbons (Fsp3) is 0.316. The van der Waals surface area contributed by atoms with Gasteiger partial charge < -0.3 is 15.4 Å². The smallest absolute Gasteiger partial charge is 0.269 e. The molecule has 158 valence electrons. The van der Waals surface area contributed by atoms with Crippen LogP contribution in [-0.4, -0.2) is 46.8 Å². The van der Waals surface area contributed by atoms with Crippen molar-refractivity contribution in [2.24, 2.45) is 0 Å². The van der Waals surface area contributed by atoms with Crippen molar-refractivity contribution in [3.63, 3.8) is 0 Å². The van der Waals surface area contributed by atoms with Crippen LogP contribution in [0.4, 0.5) is 11.5 Å². The van der Waals surface area contributed by atoms with Crippen LogP contribution in [0.1, 0.15) is 16.8 Å². The van der Waals surface area contributed by atoms with Crippen molar-refractivity contribution < 1.29 is 19.2 Å². The number of ether oxygens (including phenoxy) is 1. The number of benzene rings is 1. The van der Waals surface area contributed by atoms with Crippen LogP contribution >= 0.6 is 11.8 Å². The monoisotopic (exact) mass is 431 g/mol. The van der Waals surface area contributed by atoms with Crippen molar-refractivity contribution in [3.05, 3.63) is 57.3 Å². The number of carbonyl (C=O) groups excluding carboxylic acids is 2. The lowest BCUT2D eigenvalue weighted by atomic mass is 10.2. The molecule has 1 aliphatic rings. The number of carbonyl (C=O) groups is 2. The van der Waals surface area contributed by atoms with E-state index in [0.717, 1.165) is 17.0 Å². The number of methoxy groups -OCH3 is 1. The summed E-state index contributed by atoms with van der Waals surface area (Å²) in [4.78, 5) is 34.8. The molecule has 0 atom stereocenters. The van der Waals surface area contributed by atoms with Crippen LogP contribution in [0.5, 0.6) is 0 Å². The zero-order chi connectivity index (χ0) is 21.5. The second-order valence-corrected chi connectivity index (χ2v) is 7.42. The summed E-state index contributed by atoms with van der Waals surface area (Å²) in [5, 5.41) is 20.7. The van der Waals surface area contributed by atoms with E-state index in [0.29, 0.717) is 30.3 Å². The first-order chi connectivity index (χ1) is 14.5. The molecule has 1 aromatic heterocycles. The average molecular weight is 431 g/mol. The van der Waals surface area contributed by atoms with Crippen molar-refractivity contribution in [3.8, 4) is 0 Å². The molecule has 0 fully saturated rings. The predicted octanol–water partition coefficient (Wildman–Crippen LogP) is 1.95. The van der Waals surface area contributed by atoms with Gasteiger partial charge in [-0.3, -0.25) is 19.7 Å². The van der Waals surface area contributed by atoms with Crippen molar-refractivity contribution in [1.82, 2.24) is 15.1 Å². The highest BCUT2D eigenvalue weighted by Crippen LogP contribution is 2.34. The Hall–Kier alpha value is -3.18. The lowest BCUT2D eigenvalue weighted by Crippen LogP contribution is -2.31. The minimum absolute atomic E-state index is 0.0109. The van der Waals surface area contributed by atoms with Gasteiger partial charge in [0.2, 0.25) is 11.8 Å². The van der Waals surface area contributed by atoms with Crippen LogP contribution in [0, 0.1) is 10.1 Å². The Morgan fingerprint density at radius 1 is 1.33 bits per heavy atom. The van der Waals surface area contributed by atoms with E-state index in [-0.39, 0.29) is 24.0 Å². The fourth-order valence-electron chi connectivity index (χ4n) is 2.84. The average Bonchev–Trinajstić information content (AvgIpc) is 3.29. The molecule has 2 aromatic rings. The van der Waals surface area contributed by atoms with Crippen LogP contribution in [0.15, 0.2) is 30.3 Å². The summed E-state index contributed by atoms with van der Waals surface area (Å²) in [5.41, 5.74) is 2.42. The molecule has 3 rings (SSSR count). The molecule has 1 aliphatic heterocycles. The summed E-state index contributed by atoms with van der Waals surface area (Å²) < 4.78 is 6.42. The number of anilines is 1. The third kappa shape index (κ3) is 5.45. The Morgan fingerprint density at radius 3 is 2.80 bits per heavy atom. The topological polar surface area (TPSA) is 128 Å². The van der Waals surface area contributed by atoms with Gasteiger partial charge in [0, 0.05) is 48.9 Å². The van der Waals surface area contributed by atoms with Gasteiger partial charge in [-0.1, -0.05) is 0 Å². The number of fused-ring (bicyclic) bond motifs is 1. The highest BCUT2D eigenvalue weighted by atomic mass is 32.2. The number of non-ortho nitro benzene ring substituents is 1. The van der Waals surface area contributed by atoms with Gasteiger partial charge in [-0.25, -0.2) is 4.68 Å². The van der Waals surface area contributed by atoms with E-state index < -0.39 is 4.92 Å². The van der Waals surface area contributed by atoms with Gasteiger partial charge >= 0.3 is 0 Å². The number of nitro groups is 1. The molecule has 2 N–H and O–H groups in total. The normalized spacial score (nSPS) is 12.7. The van der Waals surface area contributed by atoms with Crippen LogP contribution in [0.3, 0.4) is 0 Å². The SMILES string of the molecule is COCCNC(=O)Cn1nc2c(c1NC(=O)/C=C\c1ccc([N+](=O)[O-])cc1)CSC2. The zero-order valence-electron chi connectivity index (χ0n) is 16.3. The molecule has 30 heavy (non-hydrogen) atoms. The van der Waals surface area contributed by atoms with E-state index in [2.05, 4.69) is 15.7 Å². The fourth-order valence-corrected chi connectivity index (χ4v) is 3.88. The summed E-state index contributed by atoms with van der Waals surface area (Å²) in [7, 11) is 1.56. The van der Waals surface area contributed by atoms with Crippen LogP contribution in [0.25, 0.3) is 6.08 Å². The molecular formula is C19H21N5O5S. The third-order valence-corrected chi connectivity index (χ3v) is 5.28. The van der Waals surface area contributed by atoms with E-state index in [4.69, 9.17) is 4.74 Å². The lowest BCUT2D eigenvalue weighted by molar-refractivity contribution is -0.384. The standard InChI is InChI=1S/C19H21N5O5S/c1-29-9-8-20-18(26)10-23-19(15-11-30-12-16(15)22-23)21-17(25)7-4-13-2-5-14(6-3-13)24(27)28/h2-7H,8-12H2,1H3,(H,20,26)(H,21,25)/b7-4-. The number of rotatable bonds is 9. The Labute approximate surface area is 176 Å². The molecule has 10 nitrogen and oxygen atoms in total. The second-order valence-electron chi connectivity index (χ2n) is 6.44. The van der Waals surface area contributed by atoms with Gasteiger partial charge in [-0.2, -0.15) is 16.9 Å². The molecule has 2 heterocycles. The number of hydrogen-bond acceptors (Lipinski definition) is 7. The largest absolute Gasteiger partial charge is 0.383 e. The highest BCUT2D eigenvalue weighted by Gasteiger charge is 2.24. The Kier molecular flexibility index (Phi) is 7.20. The number of hydrogen-bond donors (Lipinski definition) is 2. The van der Waals surface area contributed by atoms with Gasteiger partial charge in [0.05, 0.1) is 17.2 Å². The van der Waals surface area contributed by atoms with E-state index in [9.17, 15) is 19.7 Å². The van der Waals surface area contributed by atoms with Crippen molar-refractivity contribution in [2.45, 2.75) is 18.1 Å². The van der Waals surface area contributed by atoms with E-state index >= 15 is 0 Å². The van der Waals surface area contributed by atoms with Gasteiger partial charge in [0.25, 0.3) is 5.69 Å². The first-order valence-electron chi connectivity index (χ1n) is 9.13. The summed E-state index contributed by atoms with van der Waals surface area (Å²) >= 11 is 1.69. The number of aromatic nitrogens is 2. The predicted molar refractivity (Wildman–Crippen MR) is 113 cm³/mol. The van der Waals surface area contributed by atoms with Crippen LogP contribution in [-0.2, 0) is 32.4 Å². The van der Waals surface area contributed by atoms with E-state index in [1.807, 2.05) is 0 Å². The number of nitro benzene ring substituents is 1. The Morgan fingerprint density at radius 2 is 2.10 bits per heavy atom. The Bertz CT molecular complexity index is 970. The first-order valence-corrected chi connectivity index (χ1v) is 10.3. The van der Waals surface area contributed by atoms with Crippen molar-refractivity contribution in [1.29, 1.82) is 0 Å². The maximum absolute atomic E-state index is 12.4. The van der Waals surface area contributed by atoms with E-state index in [1.165, 1.54) is 22.9 Å². The lowest BCUT2D eigenvalue weighted by Gasteiger charge is -2.10. The molecule has 0 bridgehead atoms. The van der Waals surface area contributed by atoms with Gasteiger partial charge in [0.15, 0.2) is 0 Å². The highest BCUT2D eigenvalue weighted by molar-refractivity contribution is 7.98. The summed E-state index contributed by atoms with van der Waals surface area (Å²) in [6, 6.07) is 5.87. The molecule has 0 saturated heterocycles. The molecule has 0 saturated carbocycles. The maximum Gasteiger partial charge on any atom is 0.269 e. The van der Waals surface area contributed by atoms with E-state index in [1.54, 1.807) is 37.1 Å². The first kappa shape index (κ1) is 21.5. The molecular weight excluding hydrogens is 410 g/mol. The number of nitrogens with zero attached hydrogens (tertiary/aromatic N) is 3. The van der Waals surface area contributed by atoms with Crippen LogP contribution < -0.4 is 10.6 Å². The van der Waals surface area contributed by atoms with Gasteiger partial charge in [-0.05, 0) is 23.8 Å². The molecule has 1 aromatic carbocycles. The summed E-state index contributed by atoms with van der Waals surface area (Å²) in [6.45, 7) is 0.796. The molecule has 0 radical (unpaired) electrons. The quantitative estimate of drug-likeness (QED) is 0.269. The minimum Gasteiger partial charge on any atom is -0.383 e. The summed E-state index contributed by atoms with van der Waals surface area (Å²) in [6.07, 6.45) is 2.90. The molecule has 11 heteroatoms. The Balaban J connectivity index is 1.68. The molecule has 0 unspecified atom stereocenters. The third-order valence-electron chi connectivity index (χ3n) is 4.31. The second kappa shape index (κ2) is 10.0. The number of nitrogens with one attached hydrogen (secondary N) is 2. The maximum atomic E-state index is 12.4. The molecule has 0 aliphatic carbocycles.